The van der Waals surface area contributed by atoms with Crippen LogP contribution in [0.4, 0.5) is 10.1 Å². The predicted octanol–water partition coefficient (Wildman–Crippen LogP) is 5.15. The van der Waals surface area contributed by atoms with E-state index in [4.69, 9.17) is 12.2 Å². The molecule has 1 amide bonds. The first kappa shape index (κ1) is 18.1. The van der Waals surface area contributed by atoms with Gasteiger partial charge in [0.1, 0.15) is 11.6 Å². The Bertz CT molecular complexity index is 878. The highest BCUT2D eigenvalue weighted by molar-refractivity contribution is 14.1. The van der Waals surface area contributed by atoms with Gasteiger partial charge in [-0.2, -0.15) is 0 Å². The van der Waals surface area contributed by atoms with Crippen LogP contribution in [0.15, 0.2) is 41.3 Å². The summed E-state index contributed by atoms with van der Waals surface area (Å²) >= 11 is 10.4. The molecule has 0 radical (unpaired) electrons. The van der Waals surface area contributed by atoms with E-state index in [2.05, 4.69) is 0 Å². The predicted molar refractivity (Wildman–Crippen MR) is 116 cm³/mol. The Labute approximate surface area is 174 Å². The first-order chi connectivity index (χ1) is 11.4. The number of nitrogens with zero attached hydrogens (tertiary/aromatic N) is 1. The molecular formula is C16H8FI2NO2S2. The number of rotatable bonds is 2. The Hall–Kier alpha value is -0.720. The van der Waals surface area contributed by atoms with Crippen LogP contribution in [0, 0.1) is 13.0 Å². The number of amides is 1. The van der Waals surface area contributed by atoms with E-state index < -0.39 is 5.82 Å². The summed E-state index contributed by atoms with van der Waals surface area (Å²) in [5, 5.41) is 9.83. The lowest BCUT2D eigenvalue weighted by molar-refractivity contribution is -0.113. The standard InChI is InChI=1S/C16H8FI2NO2S2/c17-9-3-1-2-4-12(9)20-15(22)13(24-16(20)23)7-8-5-10(18)14(21)11(19)6-8/h1-7,21H/b13-7-. The summed E-state index contributed by atoms with van der Waals surface area (Å²) in [5.74, 6) is -0.635. The molecular weight excluding hydrogens is 575 g/mol. The first-order valence-electron chi connectivity index (χ1n) is 6.59. The van der Waals surface area contributed by atoms with Gasteiger partial charge < -0.3 is 5.11 Å². The molecule has 1 saturated heterocycles. The molecule has 0 aromatic heterocycles. The highest BCUT2D eigenvalue weighted by Crippen LogP contribution is 2.37. The number of hydrogen-bond acceptors (Lipinski definition) is 4. The van der Waals surface area contributed by atoms with E-state index in [0.29, 0.717) is 16.4 Å². The highest BCUT2D eigenvalue weighted by Gasteiger charge is 2.34. The maximum Gasteiger partial charge on any atom is 0.270 e. The van der Waals surface area contributed by atoms with E-state index in [1.807, 2.05) is 45.2 Å². The number of carbonyl (C=O) groups excluding carboxylic acids is 1. The lowest BCUT2D eigenvalue weighted by Gasteiger charge is -2.14. The molecule has 1 N–H and O–H groups in total. The number of phenolic OH excluding ortho intramolecular Hbond substituents is 1. The van der Waals surface area contributed by atoms with E-state index in [1.54, 1.807) is 30.3 Å². The van der Waals surface area contributed by atoms with E-state index in [0.717, 1.165) is 17.3 Å². The van der Waals surface area contributed by atoms with Crippen LogP contribution in [-0.4, -0.2) is 15.3 Å². The molecule has 1 aliphatic rings. The average Bonchev–Trinajstić information content (AvgIpc) is 2.80. The van der Waals surface area contributed by atoms with Gasteiger partial charge in [-0.05, 0) is 81.1 Å². The van der Waals surface area contributed by atoms with E-state index >= 15 is 0 Å². The van der Waals surface area contributed by atoms with Gasteiger partial charge in [0.25, 0.3) is 5.91 Å². The third-order valence-corrected chi connectivity index (χ3v) is 6.17. The van der Waals surface area contributed by atoms with Crippen molar-refractivity contribution in [3.05, 3.63) is 59.8 Å². The molecule has 1 aliphatic heterocycles. The van der Waals surface area contributed by atoms with Crippen molar-refractivity contribution in [2.45, 2.75) is 0 Å². The van der Waals surface area contributed by atoms with Crippen molar-refractivity contribution in [1.82, 2.24) is 0 Å². The number of anilines is 1. The zero-order chi connectivity index (χ0) is 17.4. The number of aromatic hydroxyl groups is 1. The summed E-state index contributed by atoms with van der Waals surface area (Å²) in [6, 6.07) is 9.58. The second-order valence-corrected chi connectivity index (χ2v) is 8.80. The van der Waals surface area contributed by atoms with Gasteiger partial charge in [0, 0.05) is 0 Å². The van der Waals surface area contributed by atoms with Crippen LogP contribution >= 0.6 is 69.2 Å². The normalized spacial score (nSPS) is 16.3. The van der Waals surface area contributed by atoms with Gasteiger partial charge in [0.05, 0.1) is 17.7 Å². The molecule has 3 nitrogen and oxygen atoms in total. The maximum absolute atomic E-state index is 14.0. The smallest absolute Gasteiger partial charge is 0.270 e. The molecule has 0 saturated carbocycles. The van der Waals surface area contributed by atoms with Crippen molar-refractivity contribution >= 4 is 91.2 Å². The largest absolute Gasteiger partial charge is 0.506 e. The van der Waals surface area contributed by atoms with Crippen LogP contribution in [0.2, 0.25) is 0 Å². The lowest BCUT2D eigenvalue weighted by Crippen LogP contribution is -2.28. The van der Waals surface area contributed by atoms with Crippen molar-refractivity contribution in [3.8, 4) is 5.75 Å². The Morgan fingerprint density at radius 1 is 1.21 bits per heavy atom. The minimum Gasteiger partial charge on any atom is -0.506 e. The molecule has 1 fully saturated rings. The fraction of sp³-hybridized carbons (Fsp3) is 0. The quantitative estimate of drug-likeness (QED) is 0.302. The minimum absolute atomic E-state index is 0.151. The second-order valence-electron chi connectivity index (χ2n) is 4.80. The number of phenols is 1. The molecule has 0 aliphatic carbocycles. The van der Waals surface area contributed by atoms with Crippen molar-refractivity contribution in [2.24, 2.45) is 0 Å². The summed E-state index contributed by atoms with van der Waals surface area (Å²) < 4.78 is 15.7. The Morgan fingerprint density at radius 3 is 2.46 bits per heavy atom. The minimum atomic E-state index is -0.496. The van der Waals surface area contributed by atoms with Gasteiger partial charge in [0.15, 0.2) is 4.32 Å². The van der Waals surface area contributed by atoms with Crippen LogP contribution < -0.4 is 4.90 Å². The summed E-state index contributed by atoms with van der Waals surface area (Å²) in [6.45, 7) is 0. The van der Waals surface area contributed by atoms with Gasteiger partial charge in [-0.15, -0.1) is 0 Å². The van der Waals surface area contributed by atoms with Crippen LogP contribution in [0.5, 0.6) is 5.75 Å². The zero-order valence-corrected chi connectivity index (χ0v) is 17.7. The SMILES string of the molecule is O=C1/C(=C/c2cc(I)c(O)c(I)c2)SC(=S)N1c1ccccc1F. The zero-order valence-electron chi connectivity index (χ0n) is 11.8. The molecule has 0 bridgehead atoms. The molecule has 0 unspecified atom stereocenters. The number of hydrogen-bond donors (Lipinski definition) is 1. The number of thioether (sulfide) groups is 1. The first-order valence-corrected chi connectivity index (χ1v) is 9.97. The van der Waals surface area contributed by atoms with E-state index in [1.165, 1.54) is 17.0 Å². The van der Waals surface area contributed by atoms with Crippen molar-refractivity contribution in [3.63, 3.8) is 0 Å². The fourth-order valence-corrected chi connectivity index (χ4v) is 5.23. The highest BCUT2D eigenvalue weighted by atomic mass is 127. The maximum atomic E-state index is 14.0. The molecule has 8 heteroatoms. The third-order valence-electron chi connectivity index (χ3n) is 3.22. The lowest BCUT2D eigenvalue weighted by atomic mass is 10.2. The summed E-state index contributed by atoms with van der Waals surface area (Å²) in [6.07, 6.45) is 1.70. The molecule has 24 heavy (non-hydrogen) atoms. The Balaban J connectivity index is 1.99. The topological polar surface area (TPSA) is 40.5 Å². The summed E-state index contributed by atoms with van der Waals surface area (Å²) in [7, 11) is 0. The molecule has 0 atom stereocenters. The summed E-state index contributed by atoms with van der Waals surface area (Å²) in [5.41, 5.74) is 0.925. The van der Waals surface area contributed by atoms with Gasteiger partial charge in [0.2, 0.25) is 0 Å². The average molecular weight is 583 g/mol. The number of halogens is 3. The van der Waals surface area contributed by atoms with Crippen LogP contribution in [0.25, 0.3) is 6.08 Å². The Morgan fingerprint density at radius 2 is 1.83 bits per heavy atom. The Kier molecular flexibility index (Phi) is 5.47. The molecule has 1 heterocycles. The number of carbonyl (C=O) groups is 1. The molecule has 3 rings (SSSR count). The van der Waals surface area contributed by atoms with Crippen molar-refractivity contribution in [1.29, 1.82) is 0 Å². The van der Waals surface area contributed by atoms with Gasteiger partial charge in [-0.1, -0.05) is 36.1 Å². The van der Waals surface area contributed by atoms with Crippen LogP contribution in [0.3, 0.4) is 0 Å². The third kappa shape index (κ3) is 3.46. The number of benzene rings is 2. The van der Waals surface area contributed by atoms with Gasteiger partial charge >= 0.3 is 0 Å². The van der Waals surface area contributed by atoms with Crippen molar-refractivity contribution < 1.29 is 14.3 Å². The molecule has 122 valence electrons. The molecule has 2 aromatic rings. The van der Waals surface area contributed by atoms with Gasteiger partial charge in [-0.3, -0.25) is 9.69 Å². The monoisotopic (exact) mass is 583 g/mol. The van der Waals surface area contributed by atoms with E-state index in [9.17, 15) is 14.3 Å². The van der Waals surface area contributed by atoms with Crippen molar-refractivity contribution in [2.75, 3.05) is 4.90 Å². The number of thiocarbonyl (C=S) groups is 1. The summed E-state index contributed by atoms with van der Waals surface area (Å²) in [4.78, 5) is 14.3. The fourth-order valence-electron chi connectivity index (χ4n) is 2.13. The molecule has 0 spiro atoms. The number of para-hydroxylation sites is 1. The second kappa shape index (κ2) is 7.26. The van der Waals surface area contributed by atoms with Crippen LogP contribution in [0.1, 0.15) is 5.56 Å². The van der Waals surface area contributed by atoms with E-state index in [-0.39, 0.29) is 17.3 Å². The molecule has 2 aromatic carbocycles. The van der Waals surface area contributed by atoms with Crippen LogP contribution in [-0.2, 0) is 4.79 Å². The van der Waals surface area contributed by atoms with Gasteiger partial charge in [-0.25, -0.2) is 4.39 Å².